The number of carbonyl (C=O) groups excluding carboxylic acids is 1. The number of nitrogens with zero attached hydrogens (tertiary/aromatic N) is 4. The monoisotopic (exact) mass is 268 g/mol. The average Bonchev–Trinajstić information content (AvgIpc) is 2.60. The maximum atomic E-state index is 12.7. The topological polar surface area (TPSA) is 49.3 Å². The van der Waals surface area contributed by atoms with Crippen molar-refractivity contribution in [3.63, 3.8) is 0 Å². The van der Waals surface area contributed by atoms with E-state index in [-0.39, 0.29) is 5.91 Å². The SMILES string of the molecule is CCN1C(=O)c2cncnc2N(CC)c2ccccc21. The van der Waals surface area contributed by atoms with Gasteiger partial charge in [0.1, 0.15) is 17.7 Å². The molecule has 1 aromatic heterocycles. The Bertz CT molecular complexity index is 656. The van der Waals surface area contributed by atoms with Gasteiger partial charge in [-0.3, -0.25) is 4.79 Å². The molecular formula is C15H16N4O. The summed E-state index contributed by atoms with van der Waals surface area (Å²) < 4.78 is 0. The van der Waals surface area contributed by atoms with E-state index in [9.17, 15) is 4.79 Å². The number of fused-ring (bicyclic) bond motifs is 2. The van der Waals surface area contributed by atoms with Crippen molar-refractivity contribution in [3.05, 3.63) is 42.4 Å². The van der Waals surface area contributed by atoms with E-state index in [1.54, 1.807) is 11.1 Å². The predicted octanol–water partition coefficient (Wildman–Crippen LogP) is 2.61. The largest absolute Gasteiger partial charge is 0.324 e. The molecule has 0 fully saturated rings. The van der Waals surface area contributed by atoms with Crippen LogP contribution in [-0.2, 0) is 0 Å². The van der Waals surface area contributed by atoms with E-state index in [0.29, 0.717) is 17.9 Å². The minimum atomic E-state index is -0.0495. The second kappa shape index (κ2) is 4.92. The summed E-state index contributed by atoms with van der Waals surface area (Å²) in [6, 6.07) is 7.92. The van der Waals surface area contributed by atoms with Gasteiger partial charge in [-0.25, -0.2) is 9.97 Å². The summed E-state index contributed by atoms with van der Waals surface area (Å²) in [4.78, 5) is 24.9. The molecule has 0 spiro atoms. The third kappa shape index (κ3) is 1.74. The molecule has 102 valence electrons. The number of anilines is 3. The molecule has 0 saturated carbocycles. The summed E-state index contributed by atoms with van der Waals surface area (Å²) >= 11 is 0. The highest BCUT2D eigenvalue weighted by molar-refractivity contribution is 6.13. The van der Waals surface area contributed by atoms with Crippen molar-refractivity contribution in [1.29, 1.82) is 0 Å². The number of carbonyl (C=O) groups is 1. The van der Waals surface area contributed by atoms with Crippen molar-refractivity contribution in [2.75, 3.05) is 22.9 Å². The number of amides is 1. The molecule has 2 heterocycles. The van der Waals surface area contributed by atoms with Crippen LogP contribution in [0.1, 0.15) is 24.2 Å². The molecule has 3 rings (SSSR count). The highest BCUT2D eigenvalue weighted by Crippen LogP contribution is 2.38. The van der Waals surface area contributed by atoms with E-state index in [1.807, 2.05) is 31.2 Å². The second-order valence-corrected chi connectivity index (χ2v) is 4.54. The Labute approximate surface area is 117 Å². The molecule has 20 heavy (non-hydrogen) atoms. The van der Waals surface area contributed by atoms with Gasteiger partial charge in [0.05, 0.1) is 11.4 Å². The van der Waals surface area contributed by atoms with Gasteiger partial charge in [-0.05, 0) is 26.0 Å². The molecule has 5 heteroatoms. The van der Waals surface area contributed by atoms with Crippen molar-refractivity contribution in [2.45, 2.75) is 13.8 Å². The third-order valence-corrected chi connectivity index (χ3v) is 3.52. The van der Waals surface area contributed by atoms with E-state index in [2.05, 4.69) is 21.8 Å². The summed E-state index contributed by atoms with van der Waals surface area (Å²) in [7, 11) is 0. The fourth-order valence-corrected chi connectivity index (χ4v) is 2.61. The minimum absolute atomic E-state index is 0.0495. The van der Waals surface area contributed by atoms with Crippen LogP contribution in [0.25, 0.3) is 0 Å². The van der Waals surface area contributed by atoms with Crippen molar-refractivity contribution in [1.82, 2.24) is 9.97 Å². The maximum Gasteiger partial charge on any atom is 0.263 e. The summed E-state index contributed by atoms with van der Waals surface area (Å²) in [5, 5.41) is 0. The van der Waals surface area contributed by atoms with E-state index < -0.39 is 0 Å². The molecular weight excluding hydrogens is 252 g/mol. The zero-order chi connectivity index (χ0) is 14.1. The number of aromatic nitrogens is 2. The van der Waals surface area contributed by atoms with Crippen molar-refractivity contribution in [3.8, 4) is 0 Å². The first-order chi connectivity index (χ1) is 9.77. The molecule has 0 bridgehead atoms. The third-order valence-electron chi connectivity index (χ3n) is 3.52. The van der Waals surface area contributed by atoms with Crippen LogP contribution in [0.2, 0.25) is 0 Å². The fourth-order valence-electron chi connectivity index (χ4n) is 2.61. The van der Waals surface area contributed by atoms with E-state index in [1.165, 1.54) is 6.33 Å². The Balaban J connectivity index is 2.31. The molecule has 0 unspecified atom stereocenters. The summed E-state index contributed by atoms with van der Waals surface area (Å²) in [5.74, 6) is 0.627. The lowest BCUT2D eigenvalue weighted by molar-refractivity contribution is 0.0989. The van der Waals surface area contributed by atoms with Gasteiger partial charge in [-0.1, -0.05) is 12.1 Å². The summed E-state index contributed by atoms with van der Waals surface area (Å²) in [6.45, 7) is 5.38. The zero-order valence-electron chi connectivity index (χ0n) is 11.6. The number of rotatable bonds is 2. The summed E-state index contributed by atoms with van der Waals surface area (Å²) in [6.07, 6.45) is 3.08. The molecule has 0 radical (unpaired) electrons. The van der Waals surface area contributed by atoms with E-state index in [4.69, 9.17) is 0 Å². The van der Waals surface area contributed by atoms with E-state index >= 15 is 0 Å². The molecule has 1 aliphatic heterocycles. The lowest BCUT2D eigenvalue weighted by Crippen LogP contribution is -2.30. The second-order valence-electron chi connectivity index (χ2n) is 4.54. The van der Waals surface area contributed by atoms with Crippen molar-refractivity contribution < 1.29 is 4.79 Å². The first-order valence-electron chi connectivity index (χ1n) is 6.76. The van der Waals surface area contributed by atoms with Crippen molar-refractivity contribution in [2.24, 2.45) is 0 Å². The smallest absolute Gasteiger partial charge is 0.263 e. The summed E-state index contributed by atoms with van der Waals surface area (Å²) in [5.41, 5.74) is 2.47. The lowest BCUT2D eigenvalue weighted by Gasteiger charge is -2.24. The van der Waals surface area contributed by atoms with Crippen molar-refractivity contribution >= 4 is 23.1 Å². The number of benzene rings is 1. The van der Waals surface area contributed by atoms with Crippen LogP contribution in [0.15, 0.2) is 36.8 Å². The highest BCUT2D eigenvalue weighted by atomic mass is 16.2. The van der Waals surface area contributed by atoms with Gasteiger partial charge >= 0.3 is 0 Å². The van der Waals surface area contributed by atoms with Gasteiger partial charge in [0.2, 0.25) is 0 Å². The van der Waals surface area contributed by atoms with Crippen LogP contribution < -0.4 is 9.80 Å². The van der Waals surface area contributed by atoms with E-state index in [0.717, 1.165) is 17.9 Å². The van der Waals surface area contributed by atoms with Crippen LogP contribution in [0.5, 0.6) is 0 Å². The standard InChI is InChI=1S/C15H16N4O/c1-3-18-12-7-5-6-8-13(12)19(4-2)15(20)11-9-16-10-17-14(11)18/h5-10H,3-4H2,1-2H3. The molecule has 5 nitrogen and oxygen atoms in total. The van der Waals surface area contributed by atoms with Crippen LogP contribution in [0.3, 0.4) is 0 Å². The van der Waals surface area contributed by atoms with Gasteiger partial charge in [0.25, 0.3) is 5.91 Å². The molecule has 0 saturated heterocycles. The van der Waals surface area contributed by atoms with Gasteiger partial charge < -0.3 is 9.80 Å². The Morgan fingerprint density at radius 2 is 1.70 bits per heavy atom. The van der Waals surface area contributed by atoms with Gasteiger partial charge in [-0.15, -0.1) is 0 Å². The molecule has 0 atom stereocenters. The Kier molecular flexibility index (Phi) is 3.10. The molecule has 2 aromatic rings. The maximum absolute atomic E-state index is 12.7. The Morgan fingerprint density at radius 1 is 1.05 bits per heavy atom. The Morgan fingerprint density at radius 3 is 2.35 bits per heavy atom. The molecule has 1 aliphatic rings. The average molecular weight is 268 g/mol. The van der Waals surface area contributed by atoms with Gasteiger partial charge in [0, 0.05) is 19.3 Å². The minimum Gasteiger partial charge on any atom is -0.324 e. The first-order valence-corrected chi connectivity index (χ1v) is 6.76. The number of hydrogen-bond acceptors (Lipinski definition) is 4. The van der Waals surface area contributed by atoms with Crippen LogP contribution >= 0.6 is 0 Å². The lowest BCUT2D eigenvalue weighted by atomic mass is 10.2. The van der Waals surface area contributed by atoms with Crippen LogP contribution in [0, 0.1) is 0 Å². The number of para-hydroxylation sites is 2. The van der Waals surface area contributed by atoms with Crippen LogP contribution in [0.4, 0.5) is 17.2 Å². The highest BCUT2D eigenvalue weighted by Gasteiger charge is 2.30. The van der Waals surface area contributed by atoms with Gasteiger partial charge in [0.15, 0.2) is 0 Å². The fraction of sp³-hybridized carbons (Fsp3) is 0.267. The zero-order valence-corrected chi connectivity index (χ0v) is 11.6. The first kappa shape index (κ1) is 12.6. The molecule has 1 aromatic carbocycles. The molecule has 0 N–H and O–H groups in total. The molecule has 0 aliphatic carbocycles. The Hall–Kier alpha value is -2.43. The van der Waals surface area contributed by atoms with Crippen LogP contribution in [-0.4, -0.2) is 29.0 Å². The molecule has 1 amide bonds. The van der Waals surface area contributed by atoms with Gasteiger partial charge in [-0.2, -0.15) is 0 Å². The normalized spacial score (nSPS) is 13.8. The quantitative estimate of drug-likeness (QED) is 0.840. The number of hydrogen-bond donors (Lipinski definition) is 0. The predicted molar refractivity (Wildman–Crippen MR) is 78.5 cm³/mol.